The van der Waals surface area contributed by atoms with E-state index in [-0.39, 0.29) is 23.4 Å². The largest absolute Gasteiger partial charge is 0.506 e. The van der Waals surface area contributed by atoms with Crippen LogP contribution in [0.3, 0.4) is 0 Å². The minimum atomic E-state index is -0.0600. The van der Waals surface area contributed by atoms with Crippen molar-refractivity contribution in [1.29, 1.82) is 0 Å². The summed E-state index contributed by atoms with van der Waals surface area (Å²) in [6.07, 6.45) is 1.53. The van der Waals surface area contributed by atoms with E-state index in [1.165, 1.54) is 6.92 Å². The van der Waals surface area contributed by atoms with Crippen molar-refractivity contribution in [3.63, 3.8) is 0 Å². The van der Waals surface area contributed by atoms with Gasteiger partial charge in [-0.05, 0) is 57.1 Å². The molecule has 1 heterocycles. The molecule has 0 spiro atoms. The van der Waals surface area contributed by atoms with Crippen molar-refractivity contribution in [2.75, 3.05) is 31.6 Å². The molecule has 2 aromatic carbocycles. The second-order valence-corrected chi connectivity index (χ2v) is 7.02. The van der Waals surface area contributed by atoms with Gasteiger partial charge in [-0.2, -0.15) is 0 Å². The van der Waals surface area contributed by atoms with Gasteiger partial charge in [0.2, 0.25) is 5.91 Å². The molecule has 1 saturated heterocycles. The second-order valence-electron chi connectivity index (χ2n) is 7.02. The normalized spacial score (nSPS) is 15.2. The average molecular weight is 382 g/mol. The molecule has 0 aliphatic carbocycles. The highest BCUT2D eigenvalue weighted by Crippen LogP contribution is 2.25. The number of aromatic hydroxyl groups is 1. The van der Waals surface area contributed by atoms with Gasteiger partial charge in [0.05, 0.1) is 11.3 Å². The first kappa shape index (κ1) is 19.9. The number of ether oxygens (including phenoxy) is 1. The molecular weight excluding hydrogens is 356 g/mol. The van der Waals surface area contributed by atoms with Crippen molar-refractivity contribution >= 4 is 17.4 Å². The first-order chi connectivity index (χ1) is 13.5. The molecule has 6 heteroatoms. The van der Waals surface area contributed by atoms with Crippen molar-refractivity contribution in [2.45, 2.75) is 19.8 Å². The first-order valence-electron chi connectivity index (χ1n) is 9.58. The van der Waals surface area contributed by atoms with E-state index in [1.54, 1.807) is 30.3 Å². The summed E-state index contributed by atoms with van der Waals surface area (Å²) in [6, 6.07) is 14.0. The third kappa shape index (κ3) is 5.10. The Kier molecular flexibility index (Phi) is 6.66. The van der Waals surface area contributed by atoms with Gasteiger partial charge < -0.3 is 15.2 Å². The van der Waals surface area contributed by atoms with Crippen molar-refractivity contribution < 1.29 is 19.4 Å². The minimum Gasteiger partial charge on any atom is -0.506 e. The number of ketones is 1. The monoisotopic (exact) mass is 382 g/mol. The van der Waals surface area contributed by atoms with Gasteiger partial charge in [0, 0.05) is 12.5 Å². The van der Waals surface area contributed by atoms with Gasteiger partial charge in [-0.15, -0.1) is 0 Å². The van der Waals surface area contributed by atoms with Crippen LogP contribution in [-0.2, 0) is 4.79 Å². The van der Waals surface area contributed by atoms with Gasteiger partial charge in [-0.25, -0.2) is 0 Å². The number of phenolic OH excluding ortho intramolecular Hbond substituents is 1. The Hall–Kier alpha value is -2.86. The number of hydrogen-bond acceptors (Lipinski definition) is 5. The molecule has 1 aliphatic heterocycles. The highest BCUT2D eigenvalue weighted by atomic mass is 16.5. The van der Waals surface area contributed by atoms with Crippen LogP contribution >= 0.6 is 0 Å². The predicted octanol–water partition coefficient (Wildman–Crippen LogP) is 3.32. The molecule has 2 aromatic rings. The smallest absolute Gasteiger partial charge is 0.227 e. The van der Waals surface area contributed by atoms with Crippen molar-refractivity contribution in [2.24, 2.45) is 5.92 Å². The van der Waals surface area contributed by atoms with E-state index in [1.807, 2.05) is 18.2 Å². The molecule has 0 atom stereocenters. The minimum absolute atomic E-state index is 0.00752. The Morgan fingerprint density at radius 2 is 1.79 bits per heavy atom. The van der Waals surface area contributed by atoms with Crippen LogP contribution in [0.15, 0.2) is 48.5 Å². The molecular formula is C22H26N2O4. The van der Waals surface area contributed by atoms with Gasteiger partial charge in [-0.3, -0.25) is 14.5 Å². The maximum absolute atomic E-state index is 12.4. The predicted molar refractivity (Wildman–Crippen MR) is 108 cm³/mol. The molecule has 6 nitrogen and oxygen atoms in total. The number of para-hydroxylation sites is 3. The number of Topliss-reactive ketones (excluding diaryl/α,β-unsaturated/α-hetero) is 1. The zero-order valence-corrected chi connectivity index (χ0v) is 16.1. The zero-order valence-electron chi connectivity index (χ0n) is 16.1. The van der Waals surface area contributed by atoms with E-state index < -0.39 is 0 Å². The number of nitrogens with zero attached hydrogens (tertiary/aromatic N) is 1. The van der Waals surface area contributed by atoms with Gasteiger partial charge in [0.1, 0.15) is 18.1 Å². The molecule has 0 radical (unpaired) electrons. The van der Waals surface area contributed by atoms with E-state index in [9.17, 15) is 14.7 Å². The lowest BCUT2D eigenvalue weighted by Gasteiger charge is -2.31. The maximum atomic E-state index is 12.4. The first-order valence-corrected chi connectivity index (χ1v) is 9.58. The fraction of sp³-hybridized carbons (Fsp3) is 0.364. The Labute approximate surface area is 165 Å². The van der Waals surface area contributed by atoms with E-state index in [4.69, 9.17) is 4.74 Å². The van der Waals surface area contributed by atoms with Crippen LogP contribution in [0.2, 0.25) is 0 Å². The van der Waals surface area contributed by atoms with Crippen LogP contribution in [-0.4, -0.2) is 47.9 Å². The van der Waals surface area contributed by atoms with E-state index in [2.05, 4.69) is 10.2 Å². The lowest BCUT2D eigenvalue weighted by molar-refractivity contribution is -0.121. The molecule has 1 aliphatic rings. The van der Waals surface area contributed by atoms with Crippen LogP contribution in [0.5, 0.6) is 11.5 Å². The van der Waals surface area contributed by atoms with Gasteiger partial charge in [0.25, 0.3) is 0 Å². The molecule has 0 saturated carbocycles. The van der Waals surface area contributed by atoms with E-state index >= 15 is 0 Å². The number of likely N-dealkylation sites (tertiary alicyclic amines) is 1. The van der Waals surface area contributed by atoms with Crippen LogP contribution in [0.25, 0.3) is 0 Å². The summed E-state index contributed by atoms with van der Waals surface area (Å²) in [5, 5.41) is 12.6. The summed E-state index contributed by atoms with van der Waals surface area (Å²) in [4.78, 5) is 26.3. The molecule has 3 rings (SSSR count). The Balaban J connectivity index is 1.43. The number of piperidine rings is 1. The molecule has 28 heavy (non-hydrogen) atoms. The number of nitrogens with one attached hydrogen (secondary N) is 1. The van der Waals surface area contributed by atoms with Crippen LogP contribution in [0, 0.1) is 5.92 Å². The standard InChI is InChI=1S/C22H26N2O4/c1-16(25)18-6-2-5-9-21(18)28-15-14-24-12-10-17(11-13-24)22(27)23-19-7-3-4-8-20(19)26/h2-9,17,26H,10-15H2,1H3,(H,23,27). The Bertz CT molecular complexity index is 829. The topological polar surface area (TPSA) is 78.9 Å². The van der Waals surface area contributed by atoms with Gasteiger partial charge >= 0.3 is 0 Å². The summed E-state index contributed by atoms with van der Waals surface area (Å²) < 4.78 is 5.80. The summed E-state index contributed by atoms with van der Waals surface area (Å²) in [7, 11) is 0. The number of benzene rings is 2. The average Bonchev–Trinajstić information content (AvgIpc) is 2.70. The summed E-state index contributed by atoms with van der Waals surface area (Å²) in [5.41, 5.74) is 1.05. The number of amides is 1. The lowest BCUT2D eigenvalue weighted by Crippen LogP contribution is -2.40. The summed E-state index contributed by atoms with van der Waals surface area (Å²) in [5.74, 6) is 0.582. The third-order valence-electron chi connectivity index (χ3n) is 5.05. The highest BCUT2D eigenvalue weighted by molar-refractivity contribution is 5.96. The fourth-order valence-corrected chi connectivity index (χ4v) is 3.40. The Morgan fingerprint density at radius 3 is 2.50 bits per heavy atom. The molecule has 1 fully saturated rings. The van der Waals surface area contributed by atoms with Crippen LogP contribution in [0.1, 0.15) is 30.1 Å². The summed E-state index contributed by atoms with van der Waals surface area (Å²) >= 11 is 0. The molecule has 1 amide bonds. The highest BCUT2D eigenvalue weighted by Gasteiger charge is 2.25. The lowest BCUT2D eigenvalue weighted by atomic mass is 9.96. The molecule has 2 N–H and O–H groups in total. The van der Waals surface area contributed by atoms with Gasteiger partial charge in [-0.1, -0.05) is 24.3 Å². The number of rotatable bonds is 7. The zero-order chi connectivity index (χ0) is 19.9. The number of anilines is 1. The Morgan fingerprint density at radius 1 is 1.11 bits per heavy atom. The van der Waals surface area contributed by atoms with Crippen molar-refractivity contribution in [1.82, 2.24) is 4.90 Å². The molecule has 0 aromatic heterocycles. The third-order valence-corrected chi connectivity index (χ3v) is 5.05. The maximum Gasteiger partial charge on any atom is 0.227 e. The van der Waals surface area contributed by atoms with Crippen LogP contribution < -0.4 is 10.1 Å². The molecule has 148 valence electrons. The van der Waals surface area contributed by atoms with E-state index in [0.717, 1.165) is 32.5 Å². The number of carbonyl (C=O) groups is 2. The van der Waals surface area contributed by atoms with Crippen LogP contribution in [0.4, 0.5) is 5.69 Å². The quantitative estimate of drug-likeness (QED) is 0.567. The van der Waals surface area contributed by atoms with Crippen molar-refractivity contribution in [3.8, 4) is 11.5 Å². The number of carbonyl (C=O) groups excluding carboxylic acids is 2. The van der Waals surface area contributed by atoms with Crippen molar-refractivity contribution in [3.05, 3.63) is 54.1 Å². The van der Waals surface area contributed by atoms with E-state index in [0.29, 0.717) is 23.6 Å². The molecule has 0 bridgehead atoms. The van der Waals surface area contributed by atoms with Gasteiger partial charge in [0.15, 0.2) is 5.78 Å². The second kappa shape index (κ2) is 9.37. The fourth-order valence-electron chi connectivity index (χ4n) is 3.40. The number of phenols is 1. The molecule has 0 unspecified atom stereocenters. The summed E-state index contributed by atoms with van der Waals surface area (Å²) in [6.45, 7) is 4.42. The number of hydrogen-bond donors (Lipinski definition) is 2. The SMILES string of the molecule is CC(=O)c1ccccc1OCCN1CCC(C(=O)Nc2ccccc2O)CC1.